The van der Waals surface area contributed by atoms with Gasteiger partial charge in [0.25, 0.3) is 0 Å². The molecule has 0 amide bonds. The van der Waals surface area contributed by atoms with Gasteiger partial charge in [0.15, 0.2) is 0 Å². The summed E-state index contributed by atoms with van der Waals surface area (Å²) in [6, 6.07) is 4.72. The van der Waals surface area contributed by atoms with Crippen LogP contribution in [-0.2, 0) is 0 Å². The Morgan fingerprint density at radius 2 is 2.18 bits per heavy atom. The first-order valence-corrected chi connectivity index (χ1v) is 3.91. The van der Waals surface area contributed by atoms with Crippen molar-refractivity contribution in [1.82, 2.24) is 0 Å². The van der Waals surface area contributed by atoms with E-state index in [0.29, 0.717) is 9.50 Å². The summed E-state index contributed by atoms with van der Waals surface area (Å²) < 4.78 is 0.432. The molecule has 0 saturated carbocycles. The summed E-state index contributed by atoms with van der Waals surface area (Å²) in [5.74, 6) is -0.0659. The third kappa shape index (κ3) is 1.47. The second-order valence-corrected chi connectivity index (χ2v) is 3.07. The molecule has 0 unspecified atom stereocenters. The van der Waals surface area contributed by atoms with E-state index in [4.69, 9.17) is 22.0 Å². The lowest BCUT2D eigenvalue weighted by molar-refractivity contribution is 0.473. The summed E-state index contributed by atoms with van der Waals surface area (Å²) in [4.78, 5) is 0. The molecule has 0 spiro atoms. The number of aromatic hydroxyl groups is 1. The Bertz CT molecular complexity index is 332. The zero-order chi connectivity index (χ0) is 8.43. The Labute approximate surface area is 77.2 Å². The lowest BCUT2D eigenvalue weighted by Crippen LogP contribution is -1.79. The van der Waals surface area contributed by atoms with E-state index in [1.807, 2.05) is 6.07 Å². The van der Waals surface area contributed by atoms with E-state index in [9.17, 15) is 0 Å². The zero-order valence-corrected chi connectivity index (χ0v) is 7.65. The number of rotatable bonds is 0. The van der Waals surface area contributed by atoms with E-state index in [1.165, 1.54) is 12.1 Å². The normalized spacial score (nSPS) is 9.18. The van der Waals surface area contributed by atoms with Crippen LogP contribution in [0.3, 0.4) is 0 Å². The van der Waals surface area contributed by atoms with Gasteiger partial charge >= 0.3 is 0 Å². The van der Waals surface area contributed by atoms with Crippen LogP contribution in [-0.4, -0.2) is 5.11 Å². The standard InChI is InChI=1S/C7H3BrClNO/c8-7-4(3-10)6(11)2-1-5(7)9/h1-2,11H. The highest BCUT2D eigenvalue weighted by Crippen LogP contribution is 2.31. The van der Waals surface area contributed by atoms with E-state index in [2.05, 4.69) is 15.9 Å². The summed E-state index contributed by atoms with van der Waals surface area (Å²) in [6.45, 7) is 0. The van der Waals surface area contributed by atoms with E-state index in [0.717, 1.165) is 0 Å². The van der Waals surface area contributed by atoms with Crippen molar-refractivity contribution in [1.29, 1.82) is 5.26 Å². The van der Waals surface area contributed by atoms with Crippen LogP contribution in [0.5, 0.6) is 5.75 Å². The second-order valence-electron chi connectivity index (χ2n) is 1.87. The van der Waals surface area contributed by atoms with Crippen molar-refractivity contribution in [2.24, 2.45) is 0 Å². The van der Waals surface area contributed by atoms with Gasteiger partial charge < -0.3 is 5.11 Å². The van der Waals surface area contributed by atoms with Gasteiger partial charge in [0, 0.05) is 0 Å². The average Bonchev–Trinajstić information content (AvgIpc) is 1.99. The van der Waals surface area contributed by atoms with Gasteiger partial charge in [-0.25, -0.2) is 0 Å². The summed E-state index contributed by atoms with van der Waals surface area (Å²) >= 11 is 8.73. The molecule has 2 nitrogen and oxygen atoms in total. The molecule has 1 aromatic rings. The van der Waals surface area contributed by atoms with Crippen LogP contribution in [0.15, 0.2) is 16.6 Å². The number of benzene rings is 1. The molecule has 4 heteroatoms. The topological polar surface area (TPSA) is 44.0 Å². The second kappa shape index (κ2) is 3.12. The van der Waals surface area contributed by atoms with Crippen molar-refractivity contribution in [3.8, 4) is 11.8 Å². The maximum atomic E-state index is 9.10. The first kappa shape index (κ1) is 8.38. The molecule has 0 saturated heterocycles. The van der Waals surface area contributed by atoms with Crippen LogP contribution in [0.25, 0.3) is 0 Å². The highest BCUT2D eigenvalue weighted by Gasteiger charge is 2.07. The molecule has 56 valence electrons. The molecule has 1 rings (SSSR count). The highest BCUT2D eigenvalue weighted by atomic mass is 79.9. The molecule has 0 fully saturated rings. The minimum absolute atomic E-state index is 0.0659. The highest BCUT2D eigenvalue weighted by molar-refractivity contribution is 9.10. The first-order chi connectivity index (χ1) is 5.16. The fraction of sp³-hybridized carbons (Fsp3) is 0. The number of nitrogens with zero attached hydrogens (tertiary/aromatic N) is 1. The molecular weight excluding hydrogens is 229 g/mol. The fourth-order valence-electron chi connectivity index (χ4n) is 0.647. The molecule has 0 aliphatic heterocycles. The van der Waals surface area contributed by atoms with E-state index >= 15 is 0 Å². The minimum atomic E-state index is -0.0659. The van der Waals surface area contributed by atoms with E-state index < -0.39 is 0 Å². The number of phenolic OH excluding ortho intramolecular Hbond substituents is 1. The SMILES string of the molecule is N#Cc1c(O)ccc(Cl)c1Br. The van der Waals surface area contributed by atoms with Crippen LogP contribution in [0.2, 0.25) is 5.02 Å². The summed E-state index contributed by atoms with van der Waals surface area (Å²) in [5, 5.41) is 18.0. The summed E-state index contributed by atoms with van der Waals surface area (Å²) in [5.41, 5.74) is 0.164. The molecule has 0 aromatic heterocycles. The zero-order valence-electron chi connectivity index (χ0n) is 5.31. The Hall–Kier alpha value is -0.720. The van der Waals surface area contributed by atoms with Crippen molar-refractivity contribution < 1.29 is 5.11 Å². The van der Waals surface area contributed by atoms with Crippen LogP contribution in [0.1, 0.15) is 5.56 Å². The van der Waals surface area contributed by atoms with E-state index in [1.54, 1.807) is 0 Å². The van der Waals surface area contributed by atoms with Crippen molar-refractivity contribution >= 4 is 27.5 Å². The molecule has 0 aliphatic rings. The number of hydrogen-bond donors (Lipinski definition) is 1. The van der Waals surface area contributed by atoms with Gasteiger partial charge in [-0.05, 0) is 28.1 Å². The Morgan fingerprint density at radius 1 is 1.55 bits per heavy atom. The maximum absolute atomic E-state index is 9.10. The fourth-order valence-corrected chi connectivity index (χ4v) is 1.23. The van der Waals surface area contributed by atoms with Crippen LogP contribution in [0, 0.1) is 11.3 Å². The maximum Gasteiger partial charge on any atom is 0.134 e. The number of nitriles is 1. The first-order valence-electron chi connectivity index (χ1n) is 2.74. The van der Waals surface area contributed by atoms with Gasteiger partial charge in [-0.1, -0.05) is 11.6 Å². The molecule has 1 N–H and O–H groups in total. The van der Waals surface area contributed by atoms with Crippen molar-refractivity contribution in [2.75, 3.05) is 0 Å². The molecule has 0 atom stereocenters. The lowest BCUT2D eigenvalue weighted by Gasteiger charge is -1.99. The van der Waals surface area contributed by atoms with Crippen molar-refractivity contribution in [2.45, 2.75) is 0 Å². The van der Waals surface area contributed by atoms with Gasteiger partial charge in [-0.2, -0.15) is 5.26 Å². The molecule has 11 heavy (non-hydrogen) atoms. The molecule has 0 radical (unpaired) electrons. The molecule has 1 aromatic carbocycles. The van der Waals surface area contributed by atoms with Gasteiger partial charge in [-0.15, -0.1) is 0 Å². The monoisotopic (exact) mass is 231 g/mol. The summed E-state index contributed by atoms with van der Waals surface area (Å²) in [6.07, 6.45) is 0. The third-order valence-corrected chi connectivity index (χ3v) is 2.55. The molecule has 0 heterocycles. The van der Waals surface area contributed by atoms with E-state index in [-0.39, 0.29) is 11.3 Å². The van der Waals surface area contributed by atoms with Gasteiger partial charge in [-0.3, -0.25) is 0 Å². The molecular formula is C7H3BrClNO. The molecule has 0 bridgehead atoms. The lowest BCUT2D eigenvalue weighted by atomic mass is 10.2. The van der Waals surface area contributed by atoms with Crippen LogP contribution in [0.4, 0.5) is 0 Å². The largest absolute Gasteiger partial charge is 0.507 e. The van der Waals surface area contributed by atoms with Crippen LogP contribution >= 0.6 is 27.5 Å². The average molecular weight is 232 g/mol. The predicted octanol–water partition coefficient (Wildman–Crippen LogP) is 2.68. The number of phenols is 1. The quantitative estimate of drug-likeness (QED) is 0.747. The summed E-state index contributed by atoms with van der Waals surface area (Å²) in [7, 11) is 0. The minimum Gasteiger partial charge on any atom is -0.507 e. The molecule has 0 aliphatic carbocycles. The smallest absolute Gasteiger partial charge is 0.134 e. The van der Waals surface area contributed by atoms with Crippen LogP contribution < -0.4 is 0 Å². The number of halogens is 2. The third-order valence-electron chi connectivity index (χ3n) is 1.18. The Morgan fingerprint density at radius 3 is 2.64 bits per heavy atom. The van der Waals surface area contributed by atoms with Crippen molar-refractivity contribution in [3.63, 3.8) is 0 Å². The number of hydrogen-bond acceptors (Lipinski definition) is 2. The Balaban J connectivity index is 3.44. The van der Waals surface area contributed by atoms with Gasteiger partial charge in [0.05, 0.1) is 9.50 Å². The Kier molecular flexibility index (Phi) is 2.38. The van der Waals surface area contributed by atoms with Gasteiger partial charge in [0.1, 0.15) is 17.4 Å². The predicted molar refractivity (Wildman–Crippen MR) is 45.5 cm³/mol. The van der Waals surface area contributed by atoms with Crippen molar-refractivity contribution in [3.05, 3.63) is 27.2 Å². The van der Waals surface area contributed by atoms with Gasteiger partial charge in [0.2, 0.25) is 0 Å².